The third-order valence-corrected chi connectivity index (χ3v) is 3.62. The zero-order valence-electron chi connectivity index (χ0n) is 13.6. The van der Waals surface area contributed by atoms with Gasteiger partial charge in [-0.05, 0) is 30.3 Å². The number of rotatable bonds is 3. The van der Waals surface area contributed by atoms with Gasteiger partial charge in [-0.25, -0.2) is 9.59 Å². The van der Waals surface area contributed by atoms with Crippen molar-refractivity contribution in [3.05, 3.63) is 65.2 Å². The van der Waals surface area contributed by atoms with Gasteiger partial charge in [0.15, 0.2) is 5.75 Å². The van der Waals surface area contributed by atoms with E-state index in [4.69, 9.17) is 32.3 Å². The van der Waals surface area contributed by atoms with E-state index in [1.165, 1.54) is 0 Å². The number of carbonyl (C=O) groups is 2. The van der Waals surface area contributed by atoms with Gasteiger partial charge in [-0.15, -0.1) is 0 Å². The molecule has 1 unspecified atom stereocenters. The molecule has 136 valence electrons. The average Bonchev–Trinajstić information content (AvgIpc) is 2.76. The summed E-state index contributed by atoms with van der Waals surface area (Å²) < 4.78 is 5.91. The quantitative estimate of drug-likeness (QED) is 0.606. The Hall–Kier alpha value is -3.03. The monoisotopic (exact) mass is 376 g/mol. The zero-order valence-corrected chi connectivity index (χ0v) is 14.3. The molecule has 8 heteroatoms. The van der Waals surface area contributed by atoms with Gasteiger partial charge in [0.25, 0.3) is 0 Å². The number of hydrogen-bond acceptors (Lipinski definition) is 5. The highest BCUT2D eigenvalue weighted by Crippen LogP contribution is 2.40. The second kappa shape index (κ2) is 8.89. The number of carboxylic acids is 2. The third kappa shape index (κ3) is 5.23. The normalized spacial score (nSPS) is 14.6. The molecule has 5 N–H and O–H groups in total. The molecule has 0 saturated carbocycles. The molecule has 0 saturated heterocycles. The molecule has 1 aliphatic rings. The second-order valence-corrected chi connectivity index (χ2v) is 5.66. The van der Waals surface area contributed by atoms with Crippen LogP contribution in [0, 0.1) is 0 Å². The minimum absolute atomic E-state index is 0.00218. The minimum Gasteiger partial charge on any atom is -0.478 e. The maximum absolute atomic E-state index is 9.55. The van der Waals surface area contributed by atoms with Crippen LogP contribution in [0.3, 0.4) is 0 Å². The van der Waals surface area contributed by atoms with Crippen LogP contribution in [0.25, 0.3) is 0 Å². The Morgan fingerprint density at radius 1 is 1.12 bits per heavy atom. The summed E-state index contributed by atoms with van der Waals surface area (Å²) in [6.45, 7) is 0.477. The number of anilines is 1. The van der Waals surface area contributed by atoms with Crippen LogP contribution in [0.1, 0.15) is 11.6 Å². The van der Waals surface area contributed by atoms with Crippen molar-refractivity contribution in [2.24, 2.45) is 5.73 Å². The Labute approximate surface area is 154 Å². The lowest BCUT2D eigenvalue weighted by molar-refractivity contribution is -0.134. The molecule has 26 heavy (non-hydrogen) atoms. The number of ether oxygens (including phenoxy) is 1. The van der Waals surface area contributed by atoms with Crippen LogP contribution in [-0.4, -0.2) is 28.7 Å². The molecule has 1 heterocycles. The van der Waals surface area contributed by atoms with Crippen molar-refractivity contribution in [3.8, 4) is 11.5 Å². The predicted molar refractivity (Wildman–Crippen MR) is 97.8 cm³/mol. The lowest BCUT2D eigenvalue weighted by Crippen LogP contribution is -2.19. The fourth-order valence-corrected chi connectivity index (χ4v) is 2.45. The summed E-state index contributed by atoms with van der Waals surface area (Å²) in [4.78, 5) is 19.1. The largest absolute Gasteiger partial charge is 0.478 e. The summed E-state index contributed by atoms with van der Waals surface area (Å²) in [5.41, 5.74) is 7.77. The first-order chi connectivity index (χ1) is 12.4. The summed E-state index contributed by atoms with van der Waals surface area (Å²) in [7, 11) is 0. The smallest absolute Gasteiger partial charge is 0.328 e. The lowest BCUT2D eigenvalue weighted by Gasteiger charge is -2.16. The van der Waals surface area contributed by atoms with Gasteiger partial charge in [0.2, 0.25) is 0 Å². The van der Waals surface area contributed by atoms with E-state index in [-0.39, 0.29) is 6.04 Å². The van der Waals surface area contributed by atoms with Crippen LogP contribution in [0.2, 0.25) is 5.02 Å². The fourth-order valence-electron chi connectivity index (χ4n) is 2.27. The van der Waals surface area contributed by atoms with E-state index in [1.54, 1.807) is 0 Å². The highest BCUT2D eigenvalue weighted by molar-refractivity contribution is 6.30. The maximum atomic E-state index is 9.55. The Morgan fingerprint density at radius 3 is 2.38 bits per heavy atom. The van der Waals surface area contributed by atoms with Crippen LogP contribution >= 0.6 is 11.6 Å². The molecule has 0 aromatic heterocycles. The fraction of sp³-hybridized carbons (Fsp3) is 0.111. The number of benzene rings is 2. The van der Waals surface area contributed by atoms with E-state index >= 15 is 0 Å². The number of hydrogen-bond donors (Lipinski definition) is 4. The SMILES string of the molecule is NCC1Nc2ccccc2Oc2ccc(Cl)cc21.O=C(O)/C=C/C(=O)O. The van der Waals surface area contributed by atoms with Crippen LogP contribution in [-0.2, 0) is 9.59 Å². The molecule has 0 amide bonds. The second-order valence-electron chi connectivity index (χ2n) is 5.22. The Bertz CT molecular complexity index is 822. The van der Waals surface area contributed by atoms with E-state index in [2.05, 4.69) is 5.32 Å². The number of nitrogens with two attached hydrogens (primary N) is 1. The van der Waals surface area contributed by atoms with Gasteiger partial charge in [0.1, 0.15) is 5.75 Å². The standard InChI is InChI=1S/C14H13ClN2O.C4H4O4/c15-9-5-6-13-10(7-9)12(8-16)17-11-3-1-2-4-14(11)18-13;5-3(6)1-2-4(7)8/h1-7,12,17H,8,16H2;1-2H,(H,5,6)(H,7,8)/b;2-1+. The van der Waals surface area contributed by atoms with Crippen molar-refractivity contribution >= 4 is 29.2 Å². The van der Waals surface area contributed by atoms with Crippen molar-refractivity contribution in [3.63, 3.8) is 0 Å². The minimum atomic E-state index is -1.26. The van der Waals surface area contributed by atoms with Crippen molar-refractivity contribution in [1.29, 1.82) is 0 Å². The topological polar surface area (TPSA) is 122 Å². The van der Waals surface area contributed by atoms with E-state index < -0.39 is 11.9 Å². The van der Waals surface area contributed by atoms with E-state index in [9.17, 15) is 9.59 Å². The van der Waals surface area contributed by atoms with E-state index in [0.29, 0.717) is 23.7 Å². The third-order valence-electron chi connectivity index (χ3n) is 3.39. The molecule has 0 fully saturated rings. The van der Waals surface area contributed by atoms with Gasteiger partial charge in [-0.3, -0.25) is 0 Å². The summed E-state index contributed by atoms with van der Waals surface area (Å²) in [6, 6.07) is 13.4. The molecule has 0 aliphatic carbocycles. The first-order valence-electron chi connectivity index (χ1n) is 7.57. The van der Waals surface area contributed by atoms with Gasteiger partial charge < -0.3 is 26.0 Å². The van der Waals surface area contributed by atoms with Crippen LogP contribution in [0.5, 0.6) is 11.5 Å². The summed E-state index contributed by atoms with van der Waals surface area (Å²) >= 11 is 6.04. The van der Waals surface area contributed by atoms with E-state index in [1.807, 2.05) is 42.5 Å². The van der Waals surface area contributed by atoms with Crippen molar-refractivity contribution in [2.75, 3.05) is 11.9 Å². The Morgan fingerprint density at radius 2 is 1.77 bits per heavy atom. The molecule has 7 nitrogen and oxygen atoms in total. The zero-order chi connectivity index (χ0) is 19.1. The van der Waals surface area contributed by atoms with Crippen LogP contribution < -0.4 is 15.8 Å². The van der Waals surface area contributed by atoms with Gasteiger partial charge in [-0.1, -0.05) is 23.7 Å². The number of aliphatic carboxylic acids is 2. The van der Waals surface area contributed by atoms with Gasteiger partial charge in [-0.2, -0.15) is 0 Å². The Kier molecular flexibility index (Phi) is 6.60. The molecule has 0 bridgehead atoms. The molecule has 1 aliphatic heterocycles. The molecule has 1 atom stereocenters. The maximum Gasteiger partial charge on any atom is 0.328 e. The molecular formula is C18H17ClN2O5. The highest BCUT2D eigenvalue weighted by Gasteiger charge is 2.21. The Balaban J connectivity index is 0.000000260. The lowest BCUT2D eigenvalue weighted by atomic mass is 10.1. The van der Waals surface area contributed by atoms with Crippen molar-refractivity contribution in [1.82, 2.24) is 0 Å². The molecule has 0 radical (unpaired) electrons. The number of carboxylic acid groups (broad SMARTS) is 2. The molecule has 2 aromatic carbocycles. The molecule has 3 rings (SSSR count). The van der Waals surface area contributed by atoms with Crippen LogP contribution in [0.15, 0.2) is 54.6 Å². The summed E-state index contributed by atoms with van der Waals surface area (Å²) in [5, 5.41) is 19.7. The number of para-hydroxylation sites is 2. The molecular weight excluding hydrogens is 360 g/mol. The number of halogens is 1. The van der Waals surface area contributed by atoms with Crippen molar-refractivity contribution < 1.29 is 24.5 Å². The average molecular weight is 377 g/mol. The first kappa shape index (κ1) is 19.3. The van der Waals surface area contributed by atoms with Crippen molar-refractivity contribution in [2.45, 2.75) is 6.04 Å². The highest BCUT2D eigenvalue weighted by atomic mass is 35.5. The number of fused-ring (bicyclic) bond motifs is 2. The predicted octanol–water partition coefficient (Wildman–Crippen LogP) is 3.27. The van der Waals surface area contributed by atoms with Gasteiger partial charge in [0.05, 0.1) is 11.7 Å². The van der Waals surface area contributed by atoms with Gasteiger partial charge >= 0.3 is 11.9 Å². The molecule has 2 aromatic rings. The first-order valence-corrected chi connectivity index (χ1v) is 7.95. The summed E-state index contributed by atoms with van der Waals surface area (Å²) in [5.74, 6) is -0.913. The van der Waals surface area contributed by atoms with Crippen LogP contribution in [0.4, 0.5) is 5.69 Å². The van der Waals surface area contributed by atoms with E-state index in [0.717, 1.165) is 22.7 Å². The summed E-state index contributed by atoms with van der Waals surface area (Å²) in [6.07, 6.45) is 1.12. The van der Waals surface area contributed by atoms with Gasteiger partial charge in [0, 0.05) is 29.3 Å². The number of nitrogens with one attached hydrogen (secondary N) is 1. The molecule has 0 spiro atoms.